The second kappa shape index (κ2) is 7.24. The third-order valence-corrected chi connectivity index (χ3v) is 2.54. The number of ether oxygens (including phenoxy) is 2. The standard InChI is InChI=1S/C12H13Cl2NO3/c1-3-17-12(18-4-2)15-11(16)10-8(13)6-5-7-9(10)14/h5-7H,3-4H2,1-2H3. The van der Waals surface area contributed by atoms with Crippen molar-refractivity contribution in [2.45, 2.75) is 13.8 Å². The molecule has 0 fully saturated rings. The Bertz CT molecular complexity index is 432. The fourth-order valence-corrected chi connectivity index (χ4v) is 1.75. The van der Waals surface area contributed by atoms with E-state index >= 15 is 0 Å². The van der Waals surface area contributed by atoms with Crippen LogP contribution in [-0.4, -0.2) is 25.2 Å². The fraction of sp³-hybridized carbons (Fsp3) is 0.333. The largest absolute Gasteiger partial charge is 0.451 e. The molecule has 0 aromatic heterocycles. The van der Waals surface area contributed by atoms with Crippen molar-refractivity contribution in [3.63, 3.8) is 0 Å². The van der Waals surface area contributed by atoms with E-state index in [0.717, 1.165) is 0 Å². The molecule has 0 aliphatic rings. The quantitative estimate of drug-likeness (QED) is 0.631. The lowest BCUT2D eigenvalue weighted by atomic mass is 10.2. The molecule has 0 aliphatic heterocycles. The van der Waals surface area contributed by atoms with Crippen LogP contribution >= 0.6 is 23.2 Å². The molecule has 0 spiro atoms. The van der Waals surface area contributed by atoms with E-state index in [-0.39, 0.29) is 21.7 Å². The Morgan fingerprint density at radius 1 is 1.17 bits per heavy atom. The first-order chi connectivity index (χ1) is 8.60. The maximum Gasteiger partial charge on any atom is 0.391 e. The zero-order valence-corrected chi connectivity index (χ0v) is 11.6. The maximum absolute atomic E-state index is 11.9. The molecular formula is C12H13Cl2NO3. The average Bonchev–Trinajstić information content (AvgIpc) is 2.29. The fourth-order valence-electron chi connectivity index (χ4n) is 1.19. The highest BCUT2D eigenvalue weighted by atomic mass is 35.5. The van der Waals surface area contributed by atoms with Gasteiger partial charge in [0, 0.05) is 0 Å². The molecule has 0 radical (unpaired) electrons. The van der Waals surface area contributed by atoms with Crippen LogP contribution in [0.1, 0.15) is 24.2 Å². The van der Waals surface area contributed by atoms with E-state index in [9.17, 15) is 4.79 Å². The van der Waals surface area contributed by atoms with E-state index in [1.165, 1.54) is 0 Å². The molecule has 6 heteroatoms. The van der Waals surface area contributed by atoms with Crippen LogP contribution in [0.2, 0.25) is 10.0 Å². The number of carbonyl (C=O) groups excluding carboxylic acids is 1. The smallest absolute Gasteiger partial charge is 0.391 e. The van der Waals surface area contributed by atoms with Gasteiger partial charge in [-0.05, 0) is 26.0 Å². The van der Waals surface area contributed by atoms with E-state index in [1.54, 1.807) is 32.0 Å². The molecule has 0 bridgehead atoms. The monoisotopic (exact) mass is 289 g/mol. The number of nitrogens with zero attached hydrogens (tertiary/aromatic N) is 1. The lowest BCUT2D eigenvalue weighted by Crippen LogP contribution is -2.13. The Hall–Kier alpha value is -1.26. The predicted molar refractivity (Wildman–Crippen MR) is 71.5 cm³/mol. The first-order valence-corrected chi connectivity index (χ1v) is 6.18. The molecule has 4 nitrogen and oxygen atoms in total. The van der Waals surface area contributed by atoms with Crippen LogP contribution in [0.25, 0.3) is 0 Å². The van der Waals surface area contributed by atoms with Crippen LogP contribution in [0.3, 0.4) is 0 Å². The molecule has 1 aromatic rings. The maximum atomic E-state index is 11.9. The number of carbonyl (C=O) groups is 1. The van der Waals surface area contributed by atoms with Crippen molar-refractivity contribution in [2.75, 3.05) is 13.2 Å². The number of amides is 1. The van der Waals surface area contributed by atoms with Crippen LogP contribution in [0.15, 0.2) is 23.2 Å². The second-order valence-corrected chi connectivity index (χ2v) is 3.96. The number of hydrogen-bond donors (Lipinski definition) is 0. The van der Waals surface area contributed by atoms with Crippen molar-refractivity contribution in [3.8, 4) is 0 Å². The van der Waals surface area contributed by atoms with Crippen molar-refractivity contribution < 1.29 is 14.3 Å². The summed E-state index contributed by atoms with van der Waals surface area (Å²) in [6.45, 7) is 4.23. The molecule has 0 saturated heterocycles. The third-order valence-electron chi connectivity index (χ3n) is 1.91. The summed E-state index contributed by atoms with van der Waals surface area (Å²) in [5.41, 5.74) is 0.137. The van der Waals surface area contributed by atoms with Gasteiger partial charge in [0.2, 0.25) is 0 Å². The molecule has 1 rings (SSSR count). The minimum Gasteiger partial charge on any atom is -0.451 e. The van der Waals surface area contributed by atoms with Crippen LogP contribution in [0.5, 0.6) is 0 Å². The Labute approximate surface area is 116 Å². The summed E-state index contributed by atoms with van der Waals surface area (Å²) in [6.07, 6.45) is -0.0824. The lowest BCUT2D eigenvalue weighted by Gasteiger charge is -2.07. The van der Waals surface area contributed by atoms with E-state index in [1.807, 2.05) is 0 Å². The van der Waals surface area contributed by atoms with Gasteiger partial charge in [-0.3, -0.25) is 4.79 Å². The number of hydrogen-bond acceptors (Lipinski definition) is 3. The van der Waals surface area contributed by atoms with E-state index < -0.39 is 5.91 Å². The Balaban J connectivity index is 3.02. The average molecular weight is 290 g/mol. The van der Waals surface area contributed by atoms with Crippen molar-refractivity contribution in [2.24, 2.45) is 4.99 Å². The summed E-state index contributed by atoms with van der Waals surface area (Å²) in [6, 6.07) is 4.78. The summed E-state index contributed by atoms with van der Waals surface area (Å²) < 4.78 is 10.2. The minimum atomic E-state index is -0.595. The molecule has 1 amide bonds. The van der Waals surface area contributed by atoms with Crippen molar-refractivity contribution in [3.05, 3.63) is 33.8 Å². The van der Waals surface area contributed by atoms with Gasteiger partial charge in [0.25, 0.3) is 5.91 Å². The molecule has 0 aliphatic carbocycles. The number of benzene rings is 1. The summed E-state index contributed by atoms with van der Waals surface area (Å²) in [4.78, 5) is 15.6. The molecular weight excluding hydrogens is 277 g/mol. The van der Waals surface area contributed by atoms with Gasteiger partial charge >= 0.3 is 6.08 Å². The van der Waals surface area contributed by atoms with Crippen molar-refractivity contribution >= 4 is 35.2 Å². The van der Waals surface area contributed by atoms with Gasteiger partial charge in [-0.25, -0.2) is 0 Å². The summed E-state index contributed by atoms with van der Waals surface area (Å²) in [5.74, 6) is -0.595. The van der Waals surface area contributed by atoms with Crippen molar-refractivity contribution in [1.82, 2.24) is 0 Å². The first-order valence-electron chi connectivity index (χ1n) is 5.42. The van der Waals surface area contributed by atoms with E-state index in [2.05, 4.69) is 4.99 Å². The molecule has 0 heterocycles. The van der Waals surface area contributed by atoms with Crippen LogP contribution in [-0.2, 0) is 9.47 Å². The Kier molecular flexibility index (Phi) is 5.95. The number of halogens is 2. The zero-order valence-electron chi connectivity index (χ0n) is 10.1. The highest BCUT2D eigenvalue weighted by Gasteiger charge is 2.15. The predicted octanol–water partition coefficient (Wildman–Crippen LogP) is 3.56. The van der Waals surface area contributed by atoms with Gasteiger partial charge in [-0.15, -0.1) is 4.99 Å². The molecule has 0 N–H and O–H groups in total. The molecule has 0 unspecified atom stereocenters. The number of aliphatic imine (C=N–C) groups is 1. The van der Waals surface area contributed by atoms with Gasteiger partial charge in [0.15, 0.2) is 0 Å². The Morgan fingerprint density at radius 3 is 2.11 bits per heavy atom. The molecule has 18 heavy (non-hydrogen) atoms. The topological polar surface area (TPSA) is 47.9 Å². The third kappa shape index (κ3) is 3.89. The van der Waals surface area contributed by atoms with E-state index in [4.69, 9.17) is 32.7 Å². The number of rotatable bonds is 3. The SMILES string of the molecule is CCOC(=NC(=O)c1c(Cl)cccc1Cl)OCC. The van der Waals surface area contributed by atoms with Gasteiger partial charge in [0.05, 0.1) is 28.8 Å². The highest BCUT2D eigenvalue weighted by Crippen LogP contribution is 2.25. The van der Waals surface area contributed by atoms with Crippen LogP contribution in [0.4, 0.5) is 0 Å². The van der Waals surface area contributed by atoms with Crippen molar-refractivity contribution in [1.29, 1.82) is 0 Å². The minimum absolute atomic E-state index is 0.0824. The summed E-state index contributed by atoms with van der Waals surface area (Å²) >= 11 is 11.8. The molecule has 0 atom stereocenters. The summed E-state index contributed by atoms with van der Waals surface area (Å²) in [5, 5.41) is 0.479. The summed E-state index contributed by atoms with van der Waals surface area (Å²) in [7, 11) is 0. The lowest BCUT2D eigenvalue weighted by molar-refractivity contribution is 0.0985. The Morgan fingerprint density at radius 2 is 1.67 bits per heavy atom. The van der Waals surface area contributed by atoms with Gasteiger partial charge in [-0.1, -0.05) is 29.3 Å². The first kappa shape index (κ1) is 14.8. The van der Waals surface area contributed by atoms with Crippen LogP contribution in [0, 0.1) is 0 Å². The van der Waals surface area contributed by atoms with E-state index in [0.29, 0.717) is 13.2 Å². The van der Waals surface area contributed by atoms with Gasteiger partial charge < -0.3 is 9.47 Å². The van der Waals surface area contributed by atoms with Gasteiger partial charge in [-0.2, -0.15) is 0 Å². The zero-order chi connectivity index (χ0) is 13.5. The second-order valence-electron chi connectivity index (χ2n) is 3.15. The molecule has 98 valence electrons. The van der Waals surface area contributed by atoms with Crippen LogP contribution < -0.4 is 0 Å². The normalized spacial score (nSPS) is 9.78. The van der Waals surface area contributed by atoms with Gasteiger partial charge in [0.1, 0.15) is 0 Å². The highest BCUT2D eigenvalue weighted by molar-refractivity contribution is 6.39. The molecule has 1 aromatic carbocycles. The molecule has 0 saturated carbocycles.